The first-order valence-corrected chi connectivity index (χ1v) is 6.23. The van der Waals surface area contributed by atoms with Crippen molar-refractivity contribution < 1.29 is 0 Å². The molecule has 0 aliphatic carbocycles. The topological polar surface area (TPSA) is 4.93 Å². The number of aromatic nitrogens is 1. The second-order valence-electron chi connectivity index (χ2n) is 3.10. The SMILES string of the molecule is Cn1c(-c2cc(Cl)cc(Cl)c2)csc1=S. The van der Waals surface area contributed by atoms with Gasteiger partial charge in [0.25, 0.3) is 0 Å². The highest BCUT2D eigenvalue weighted by Crippen LogP contribution is 2.28. The van der Waals surface area contributed by atoms with Crippen molar-refractivity contribution in [1.29, 1.82) is 0 Å². The summed E-state index contributed by atoms with van der Waals surface area (Å²) < 4.78 is 2.78. The zero-order valence-electron chi connectivity index (χ0n) is 7.83. The molecule has 1 aromatic carbocycles. The van der Waals surface area contributed by atoms with Crippen LogP contribution >= 0.6 is 46.8 Å². The molecule has 0 saturated heterocycles. The highest BCUT2D eigenvalue weighted by molar-refractivity contribution is 7.73. The van der Waals surface area contributed by atoms with Crippen LogP contribution in [0, 0.1) is 3.95 Å². The minimum atomic E-state index is 0.634. The standard InChI is InChI=1S/C10H7Cl2NS2/c1-13-9(5-15-10(13)14)6-2-7(11)4-8(12)3-6/h2-5H,1H3. The van der Waals surface area contributed by atoms with Crippen molar-refractivity contribution in [2.45, 2.75) is 0 Å². The molecule has 0 N–H and O–H groups in total. The van der Waals surface area contributed by atoms with Crippen molar-refractivity contribution in [2.75, 3.05) is 0 Å². The van der Waals surface area contributed by atoms with Crippen LogP contribution in [0.2, 0.25) is 10.0 Å². The molecule has 2 aromatic rings. The van der Waals surface area contributed by atoms with E-state index in [0.29, 0.717) is 10.0 Å². The fourth-order valence-electron chi connectivity index (χ4n) is 1.33. The summed E-state index contributed by atoms with van der Waals surface area (Å²) in [6, 6.07) is 5.47. The number of halogens is 2. The molecule has 0 spiro atoms. The molecule has 5 heteroatoms. The maximum atomic E-state index is 5.94. The van der Waals surface area contributed by atoms with Gasteiger partial charge in [0.15, 0.2) is 3.95 Å². The average molecular weight is 276 g/mol. The number of benzene rings is 1. The Morgan fingerprint density at radius 1 is 1.20 bits per heavy atom. The molecule has 1 aromatic heterocycles. The Bertz CT molecular complexity index is 537. The smallest absolute Gasteiger partial charge is 0.161 e. The Kier molecular flexibility index (Phi) is 3.16. The Morgan fingerprint density at radius 3 is 2.27 bits per heavy atom. The van der Waals surface area contributed by atoms with E-state index in [0.717, 1.165) is 15.2 Å². The van der Waals surface area contributed by atoms with Crippen LogP contribution in [0.15, 0.2) is 23.6 Å². The molecular weight excluding hydrogens is 269 g/mol. The first-order valence-electron chi connectivity index (χ1n) is 4.19. The van der Waals surface area contributed by atoms with Gasteiger partial charge in [-0.3, -0.25) is 0 Å². The van der Waals surface area contributed by atoms with Crippen molar-refractivity contribution in [3.05, 3.63) is 37.6 Å². The second kappa shape index (κ2) is 4.26. The third-order valence-corrected chi connectivity index (χ3v) is 3.88. The molecule has 1 heterocycles. The van der Waals surface area contributed by atoms with E-state index in [1.165, 1.54) is 11.3 Å². The third-order valence-electron chi connectivity index (χ3n) is 2.06. The van der Waals surface area contributed by atoms with Crippen molar-refractivity contribution in [1.82, 2.24) is 4.57 Å². The number of hydrogen-bond donors (Lipinski definition) is 0. The molecule has 15 heavy (non-hydrogen) atoms. The fraction of sp³-hybridized carbons (Fsp3) is 0.100. The highest BCUT2D eigenvalue weighted by Gasteiger charge is 2.05. The summed E-state index contributed by atoms with van der Waals surface area (Å²) in [5.74, 6) is 0. The Balaban J connectivity index is 2.63. The predicted octanol–water partition coefficient (Wildman–Crippen LogP) is 4.79. The summed E-state index contributed by atoms with van der Waals surface area (Å²) in [4.78, 5) is 0. The normalized spacial score (nSPS) is 10.6. The van der Waals surface area contributed by atoms with E-state index in [4.69, 9.17) is 35.4 Å². The molecule has 0 saturated carbocycles. The third kappa shape index (κ3) is 2.26. The lowest BCUT2D eigenvalue weighted by Crippen LogP contribution is -1.90. The first kappa shape index (κ1) is 11.1. The average Bonchev–Trinajstić information content (AvgIpc) is 2.46. The molecule has 0 radical (unpaired) electrons. The second-order valence-corrected chi connectivity index (χ2v) is 5.48. The Hall–Kier alpha value is -0.350. The quantitative estimate of drug-likeness (QED) is 0.678. The molecule has 0 aliphatic rings. The van der Waals surface area contributed by atoms with Gasteiger partial charge in [0.1, 0.15) is 0 Å². The maximum absolute atomic E-state index is 5.94. The van der Waals surface area contributed by atoms with Gasteiger partial charge < -0.3 is 4.57 Å². The van der Waals surface area contributed by atoms with Gasteiger partial charge in [-0.1, -0.05) is 23.2 Å². The number of hydrogen-bond acceptors (Lipinski definition) is 2. The van der Waals surface area contributed by atoms with Crippen LogP contribution in [0.25, 0.3) is 11.3 Å². The molecule has 2 rings (SSSR count). The summed E-state index contributed by atoms with van der Waals surface area (Å²) >= 11 is 18.6. The molecule has 0 unspecified atom stereocenters. The van der Waals surface area contributed by atoms with E-state index in [2.05, 4.69) is 0 Å². The molecule has 0 fully saturated rings. The molecule has 0 aliphatic heterocycles. The van der Waals surface area contributed by atoms with Crippen LogP contribution in [0.1, 0.15) is 0 Å². The predicted molar refractivity (Wildman–Crippen MR) is 69.6 cm³/mol. The van der Waals surface area contributed by atoms with E-state index in [-0.39, 0.29) is 0 Å². The monoisotopic (exact) mass is 275 g/mol. The van der Waals surface area contributed by atoms with Gasteiger partial charge in [0, 0.05) is 28.0 Å². The molecule has 0 bridgehead atoms. The summed E-state index contributed by atoms with van der Waals surface area (Å²) in [7, 11) is 1.93. The zero-order chi connectivity index (χ0) is 11.0. The summed E-state index contributed by atoms with van der Waals surface area (Å²) in [5, 5.41) is 3.27. The van der Waals surface area contributed by atoms with Crippen LogP contribution in [-0.2, 0) is 7.05 Å². The van der Waals surface area contributed by atoms with E-state index in [9.17, 15) is 0 Å². The molecular formula is C10H7Cl2NS2. The molecule has 78 valence electrons. The minimum Gasteiger partial charge on any atom is -0.326 e. The lowest BCUT2D eigenvalue weighted by atomic mass is 10.2. The first-order chi connectivity index (χ1) is 7.08. The van der Waals surface area contributed by atoms with E-state index < -0.39 is 0 Å². The van der Waals surface area contributed by atoms with Crippen LogP contribution < -0.4 is 0 Å². The Morgan fingerprint density at radius 2 is 1.80 bits per heavy atom. The summed E-state index contributed by atoms with van der Waals surface area (Å²) in [6.07, 6.45) is 0. The van der Waals surface area contributed by atoms with Crippen molar-refractivity contribution >= 4 is 46.8 Å². The largest absolute Gasteiger partial charge is 0.326 e. The van der Waals surface area contributed by atoms with Crippen molar-refractivity contribution in [2.24, 2.45) is 7.05 Å². The van der Waals surface area contributed by atoms with E-state index in [1.54, 1.807) is 6.07 Å². The van der Waals surface area contributed by atoms with Gasteiger partial charge in [-0.05, 0) is 30.4 Å². The van der Waals surface area contributed by atoms with Gasteiger partial charge in [-0.15, -0.1) is 11.3 Å². The molecule has 1 nitrogen and oxygen atoms in total. The molecule has 0 atom stereocenters. The van der Waals surface area contributed by atoms with Crippen molar-refractivity contribution in [3.8, 4) is 11.3 Å². The number of nitrogens with zero attached hydrogens (tertiary/aromatic N) is 1. The van der Waals surface area contributed by atoms with Gasteiger partial charge in [-0.2, -0.15) is 0 Å². The van der Waals surface area contributed by atoms with Gasteiger partial charge in [-0.25, -0.2) is 0 Å². The van der Waals surface area contributed by atoms with Crippen molar-refractivity contribution in [3.63, 3.8) is 0 Å². The van der Waals surface area contributed by atoms with Crippen LogP contribution in [0.4, 0.5) is 0 Å². The minimum absolute atomic E-state index is 0.634. The molecule has 0 amide bonds. The summed E-state index contributed by atoms with van der Waals surface area (Å²) in [5.41, 5.74) is 2.02. The van der Waals surface area contributed by atoms with Crippen LogP contribution in [0.5, 0.6) is 0 Å². The van der Waals surface area contributed by atoms with E-state index >= 15 is 0 Å². The lowest BCUT2D eigenvalue weighted by molar-refractivity contribution is 0.930. The maximum Gasteiger partial charge on any atom is 0.161 e. The van der Waals surface area contributed by atoms with Crippen LogP contribution in [0.3, 0.4) is 0 Å². The summed E-state index contributed by atoms with van der Waals surface area (Å²) in [6.45, 7) is 0. The highest BCUT2D eigenvalue weighted by atomic mass is 35.5. The van der Waals surface area contributed by atoms with Gasteiger partial charge >= 0.3 is 0 Å². The number of thiazole rings is 1. The number of rotatable bonds is 1. The van der Waals surface area contributed by atoms with Gasteiger partial charge in [0.2, 0.25) is 0 Å². The van der Waals surface area contributed by atoms with E-state index in [1.807, 2.05) is 29.1 Å². The lowest BCUT2D eigenvalue weighted by Gasteiger charge is -2.04. The van der Waals surface area contributed by atoms with Gasteiger partial charge in [0.05, 0.1) is 5.69 Å². The fourth-order valence-corrected chi connectivity index (χ4v) is 2.86. The van der Waals surface area contributed by atoms with Crippen LogP contribution in [-0.4, -0.2) is 4.57 Å². The Labute approximate surface area is 107 Å². The zero-order valence-corrected chi connectivity index (χ0v) is 11.0.